The number of aryl methyl sites for hydroxylation is 2. The van der Waals surface area contributed by atoms with Crippen molar-refractivity contribution in [3.63, 3.8) is 0 Å². The molecule has 2 heterocycles. The summed E-state index contributed by atoms with van der Waals surface area (Å²) in [5, 5.41) is 5.08. The summed E-state index contributed by atoms with van der Waals surface area (Å²) in [5.41, 5.74) is 2.68. The third-order valence-electron chi connectivity index (χ3n) is 5.41. The maximum atomic E-state index is 12.7. The number of rotatable bonds is 7. The van der Waals surface area contributed by atoms with Gasteiger partial charge in [0.15, 0.2) is 0 Å². The maximum absolute atomic E-state index is 12.7. The number of aromatic nitrogens is 2. The van der Waals surface area contributed by atoms with Crippen LogP contribution in [0.25, 0.3) is 10.2 Å². The molecule has 1 aliphatic rings. The third-order valence-corrected chi connectivity index (χ3v) is 7.71. The van der Waals surface area contributed by atoms with E-state index >= 15 is 0 Å². The number of thioether (sulfide) groups is 1. The first kappa shape index (κ1) is 19.4. The summed E-state index contributed by atoms with van der Waals surface area (Å²) in [6.45, 7) is 4.79. The van der Waals surface area contributed by atoms with Crippen LogP contribution < -0.4 is 5.32 Å². The van der Waals surface area contributed by atoms with E-state index in [9.17, 15) is 4.79 Å². The molecule has 28 heavy (non-hydrogen) atoms. The molecule has 3 aromatic rings. The zero-order chi connectivity index (χ0) is 19.5. The summed E-state index contributed by atoms with van der Waals surface area (Å²) in [6, 6.07) is 10.4. The van der Waals surface area contributed by atoms with Crippen LogP contribution in [-0.4, -0.2) is 27.7 Å². The minimum absolute atomic E-state index is 0.0676. The molecule has 0 saturated carbocycles. The van der Waals surface area contributed by atoms with Crippen molar-refractivity contribution in [3.05, 3.63) is 52.7 Å². The minimum atomic E-state index is -0.191. The van der Waals surface area contributed by atoms with E-state index in [1.165, 1.54) is 27.8 Å². The van der Waals surface area contributed by atoms with Crippen LogP contribution in [-0.2, 0) is 17.6 Å². The number of benzene rings is 1. The summed E-state index contributed by atoms with van der Waals surface area (Å²) in [4.78, 5) is 24.2. The van der Waals surface area contributed by atoms with Gasteiger partial charge in [-0.05, 0) is 43.7 Å². The molecule has 0 fully saturated rings. The fourth-order valence-corrected chi connectivity index (χ4v) is 6.07. The van der Waals surface area contributed by atoms with Crippen LogP contribution in [0, 0.1) is 0 Å². The van der Waals surface area contributed by atoms with Crippen LogP contribution in [0.5, 0.6) is 0 Å². The van der Waals surface area contributed by atoms with E-state index in [1.807, 2.05) is 13.0 Å². The van der Waals surface area contributed by atoms with Crippen LogP contribution in [0.3, 0.4) is 0 Å². The number of thiophene rings is 1. The molecular weight excluding hydrogens is 386 g/mol. The molecule has 0 radical (unpaired) electrons. The van der Waals surface area contributed by atoms with Gasteiger partial charge < -0.3 is 5.32 Å². The highest BCUT2D eigenvalue weighted by Crippen LogP contribution is 2.40. The Morgan fingerprint density at radius 1 is 1.25 bits per heavy atom. The van der Waals surface area contributed by atoms with Crippen molar-refractivity contribution in [1.82, 2.24) is 15.3 Å². The highest BCUT2D eigenvalue weighted by molar-refractivity contribution is 8.00. The van der Waals surface area contributed by atoms with E-state index in [0.717, 1.165) is 29.1 Å². The molecule has 0 saturated heterocycles. The summed E-state index contributed by atoms with van der Waals surface area (Å²) in [5.74, 6) is 0.409. The molecule has 1 amide bonds. The maximum Gasteiger partial charge on any atom is 0.233 e. The van der Waals surface area contributed by atoms with Gasteiger partial charge in [0.2, 0.25) is 5.91 Å². The lowest BCUT2D eigenvalue weighted by molar-refractivity contribution is -0.120. The average Bonchev–Trinajstić information content (AvgIpc) is 3.30. The molecule has 1 N–H and O–H groups in total. The Hall–Kier alpha value is -1.92. The third kappa shape index (κ3) is 3.94. The fourth-order valence-electron chi connectivity index (χ4n) is 3.80. The predicted molar refractivity (Wildman–Crippen MR) is 117 cm³/mol. The van der Waals surface area contributed by atoms with Gasteiger partial charge in [0, 0.05) is 22.7 Å². The number of carbonyl (C=O) groups is 1. The van der Waals surface area contributed by atoms with Gasteiger partial charge in [-0.2, -0.15) is 0 Å². The van der Waals surface area contributed by atoms with Crippen LogP contribution in [0.15, 0.2) is 41.7 Å². The summed E-state index contributed by atoms with van der Waals surface area (Å²) >= 11 is 3.34. The van der Waals surface area contributed by atoms with Gasteiger partial charge in [-0.15, -0.1) is 11.3 Å². The number of carbonyl (C=O) groups excluding carboxylic acids is 1. The Bertz CT molecular complexity index is 971. The Balaban J connectivity index is 1.43. The molecule has 6 heteroatoms. The zero-order valence-electron chi connectivity index (χ0n) is 16.3. The molecule has 4 nitrogen and oxygen atoms in total. The Morgan fingerprint density at radius 2 is 2.07 bits per heavy atom. The van der Waals surface area contributed by atoms with Crippen molar-refractivity contribution >= 4 is 39.2 Å². The van der Waals surface area contributed by atoms with Crippen LogP contribution in [0.4, 0.5) is 0 Å². The highest BCUT2D eigenvalue weighted by Gasteiger charge is 2.24. The number of hydrogen-bond donors (Lipinski definition) is 1. The highest BCUT2D eigenvalue weighted by atomic mass is 32.2. The quantitative estimate of drug-likeness (QED) is 0.440. The van der Waals surface area contributed by atoms with Crippen molar-refractivity contribution in [2.45, 2.75) is 55.7 Å². The van der Waals surface area contributed by atoms with Crippen molar-refractivity contribution in [2.75, 3.05) is 6.54 Å². The molecule has 0 unspecified atom stereocenters. The first-order valence-electron chi connectivity index (χ1n) is 9.92. The number of nitrogens with one attached hydrogen (secondary N) is 1. The van der Waals surface area contributed by atoms with Crippen LogP contribution in [0.2, 0.25) is 0 Å². The molecule has 4 rings (SSSR count). The van der Waals surface area contributed by atoms with E-state index in [2.05, 4.69) is 46.5 Å². The number of amides is 1. The summed E-state index contributed by atoms with van der Waals surface area (Å²) in [6.07, 6.45) is 6.09. The van der Waals surface area contributed by atoms with Crippen molar-refractivity contribution in [3.8, 4) is 0 Å². The van der Waals surface area contributed by atoms with Gasteiger partial charge in [0.25, 0.3) is 0 Å². The number of hydrogen-bond acceptors (Lipinski definition) is 5. The smallest absolute Gasteiger partial charge is 0.233 e. The van der Waals surface area contributed by atoms with E-state index in [-0.39, 0.29) is 11.2 Å². The largest absolute Gasteiger partial charge is 0.355 e. The average molecular weight is 412 g/mol. The Labute approximate surface area is 174 Å². The van der Waals surface area contributed by atoms with Gasteiger partial charge in [-0.3, -0.25) is 4.79 Å². The van der Waals surface area contributed by atoms with Gasteiger partial charge in [0.1, 0.15) is 16.2 Å². The topological polar surface area (TPSA) is 54.9 Å². The standard InChI is InChI=1S/C22H25N3OS2/c1-3-15(16-8-5-4-6-9-16)12-23-20(26)14(2)27-21-19-17-10-7-11-18(17)28-22(19)25-13-24-21/h4-6,8-9,13-15H,3,7,10-12H2,1-2H3,(H,23,26)/t14-,15+/m0/s1. The Morgan fingerprint density at radius 3 is 2.86 bits per heavy atom. The molecule has 0 spiro atoms. The normalized spacial score (nSPS) is 15.4. The SMILES string of the molecule is CC[C@H](CNC(=O)[C@H](C)Sc1ncnc2sc3c(c12)CCC3)c1ccccc1. The molecule has 2 aromatic heterocycles. The lowest BCUT2D eigenvalue weighted by Gasteiger charge is -2.18. The second-order valence-electron chi connectivity index (χ2n) is 7.24. The first-order valence-corrected chi connectivity index (χ1v) is 11.6. The predicted octanol–water partition coefficient (Wildman–Crippen LogP) is 4.97. The van der Waals surface area contributed by atoms with E-state index < -0.39 is 0 Å². The van der Waals surface area contributed by atoms with E-state index in [1.54, 1.807) is 29.4 Å². The monoisotopic (exact) mass is 411 g/mol. The van der Waals surface area contributed by atoms with Gasteiger partial charge in [-0.25, -0.2) is 9.97 Å². The second-order valence-corrected chi connectivity index (χ2v) is 9.65. The minimum Gasteiger partial charge on any atom is -0.355 e. The van der Waals surface area contributed by atoms with Crippen molar-refractivity contribution in [1.29, 1.82) is 0 Å². The first-order chi connectivity index (χ1) is 13.7. The number of nitrogens with zero attached hydrogens (tertiary/aromatic N) is 2. The fraction of sp³-hybridized carbons (Fsp3) is 0.409. The van der Waals surface area contributed by atoms with E-state index in [0.29, 0.717) is 12.5 Å². The molecular formula is C22H25N3OS2. The van der Waals surface area contributed by atoms with E-state index in [4.69, 9.17) is 0 Å². The number of fused-ring (bicyclic) bond motifs is 3. The molecule has 146 valence electrons. The van der Waals surface area contributed by atoms with Gasteiger partial charge >= 0.3 is 0 Å². The molecule has 1 aromatic carbocycles. The molecule has 2 atom stereocenters. The molecule has 0 aliphatic heterocycles. The van der Waals surface area contributed by atoms with Crippen molar-refractivity contribution < 1.29 is 4.79 Å². The van der Waals surface area contributed by atoms with Crippen LogP contribution >= 0.6 is 23.1 Å². The lowest BCUT2D eigenvalue weighted by atomic mass is 9.96. The van der Waals surface area contributed by atoms with Crippen LogP contribution in [0.1, 0.15) is 48.6 Å². The summed E-state index contributed by atoms with van der Waals surface area (Å²) < 4.78 is 0. The lowest BCUT2D eigenvalue weighted by Crippen LogP contribution is -2.34. The summed E-state index contributed by atoms with van der Waals surface area (Å²) in [7, 11) is 0. The Kier molecular flexibility index (Phi) is 5.97. The molecule has 1 aliphatic carbocycles. The van der Waals surface area contributed by atoms with Crippen molar-refractivity contribution in [2.24, 2.45) is 0 Å². The second kappa shape index (κ2) is 8.62. The molecule has 0 bridgehead atoms. The zero-order valence-corrected chi connectivity index (χ0v) is 17.9. The van der Waals surface area contributed by atoms with Gasteiger partial charge in [0.05, 0.1) is 5.25 Å². The van der Waals surface area contributed by atoms with Gasteiger partial charge in [-0.1, -0.05) is 49.0 Å².